The highest BCUT2D eigenvalue weighted by Crippen LogP contribution is 2.35. The molecule has 1 atom stereocenters. The van der Waals surface area contributed by atoms with Crippen molar-refractivity contribution in [1.82, 2.24) is 9.13 Å². The molecule has 1 aliphatic rings. The molecular weight excluding hydrogens is 494 g/mol. The minimum atomic E-state index is -0.670. The molecule has 0 saturated heterocycles. The monoisotopic (exact) mass is 519 g/mol. The number of para-hydroxylation sites is 1. The van der Waals surface area contributed by atoms with E-state index in [4.69, 9.17) is 9.73 Å². The standard InChI is InChI=1S/C31H25N3O3S/c1-3-37-30(36)26-27(20-12-6-4-7-13-20)32-31-34(28(26)21-14-8-5-9-15-21)29(35)25(38-31)18-22-19-33(2)24-17-11-10-16-23(22)24/h4-19,28H,3H2,1-2H3/b25-18-/t28-/m0/s1. The summed E-state index contributed by atoms with van der Waals surface area (Å²) in [5, 5.41) is 1.07. The molecule has 2 aromatic heterocycles. The van der Waals surface area contributed by atoms with E-state index >= 15 is 0 Å². The van der Waals surface area contributed by atoms with Crippen molar-refractivity contribution >= 4 is 40.0 Å². The van der Waals surface area contributed by atoms with Crippen LogP contribution in [0.5, 0.6) is 0 Å². The molecule has 1 aliphatic heterocycles. The van der Waals surface area contributed by atoms with Crippen LogP contribution >= 0.6 is 11.3 Å². The van der Waals surface area contributed by atoms with Crippen molar-refractivity contribution in [2.45, 2.75) is 13.0 Å². The van der Waals surface area contributed by atoms with Gasteiger partial charge in [0.15, 0.2) is 4.80 Å². The summed E-state index contributed by atoms with van der Waals surface area (Å²) in [5.74, 6) is -0.479. The molecule has 0 bridgehead atoms. The number of fused-ring (bicyclic) bond motifs is 2. The molecule has 5 aromatic rings. The number of thiazole rings is 1. The van der Waals surface area contributed by atoms with Gasteiger partial charge in [-0.05, 0) is 24.6 Å². The number of rotatable bonds is 5. The summed E-state index contributed by atoms with van der Waals surface area (Å²) < 4.78 is 9.76. The second-order valence-electron chi connectivity index (χ2n) is 9.05. The zero-order chi connectivity index (χ0) is 26.2. The van der Waals surface area contributed by atoms with Gasteiger partial charge in [-0.15, -0.1) is 0 Å². The van der Waals surface area contributed by atoms with Gasteiger partial charge in [-0.1, -0.05) is 90.2 Å². The molecule has 0 aliphatic carbocycles. The lowest BCUT2D eigenvalue weighted by Gasteiger charge is -2.25. The zero-order valence-corrected chi connectivity index (χ0v) is 21.8. The maximum Gasteiger partial charge on any atom is 0.338 e. The molecule has 0 spiro atoms. The summed E-state index contributed by atoms with van der Waals surface area (Å²) in [7, 11) is 1.99. The number of benzene rings is 3. The number of aryl methyl sites for hydroxylation is 1. The van der Waals surface area contributed by atoms with E-state index < -0.39 is 12.0 Å². The second kappa shape index (κ2) is 9.76. The summed E-state index contributed by atoms with van der Waals surface area (Å²) in [6.45, 7) is 2.00. The zero-order valence-electron chi connectivity index (χ0n) is 21.0. The molecule has 0 unspecified atom stereocenters. The largest absolute Gasteiger partial charge is 0.463 e. The van der Waals surface area contributed by atoms with Gasteiger partial charge in [0.05, 0.1) is 28.5 Å². The van der Waals surface area contributed by atoms with Gasteiger partial charge in [0, 0.05) is 35.3 Å². The predicted molar refractivity (Wildman–Crippen MR) is 150 cm³/mol. The van der Waals surface area contributed by atoms with Crippen molar-refractivity contribution in [2.75, 3.05) is 6.61 Å². The van der Waals surface area contributed by atoms with Crippen LogP contribution in [-0.2, 0) is 16.6 Å². The molecule has 38 heavy (non-hydrogen) atoms. The van der Waals surface area contributed by atoms with E-state index in [-0.39, 0.29) is 12.2 Å². The second-order valence-corrected chi connectivity index (χ2v) is 10.1. The number of carbonyl (C=O) groups is 1. The molecule has 6 rings (SSSR count). The van der Waals surface area contributed by atoms with Crippen LogP contribution < -0.4 is 14.9 Å². The predicted octanol–water partition coefficient (Wildman–Crippen LogP) is 4.43. The molecule has 3 aromatic carbocycles. The van der Waals surface area contributed by atoms with E-state index in [1.165, 1.54) is 11.3 Å². The maximum atomic E-state index is 14.0. The fourth-order valence-corrected chi connectivity index (χ4v) is 6.01. The molecule has 0 amide bonds. The number of hydrogen-bond donors (Lipinski definition) is 0. The normalized spacial score (nSPS) is 15.4. The van der Waals surface area contributed by atoms with Crippen LogP contribution in [0.2, 0.25) is 0 Å². The van der Waals surface area contributed by atoms with Gasteiger partial charge < -0.3 is 9.30 Å². The van der Waals surface area contributed by atoms with E-state index in [0.29, 0.717) is 20.6 Å². The molecule has 0 N–H and O–H groups in total. The van der Waals surface area contributed by atoms with Crippen LogP contribution in [0, 0.1) is 0 Å². The average Bonchev–Trinajstić information content (AvgIpc) is 3.44. The summed E-state index contributed by atoms with van der Waals surface area (Å²) in [4.78, 5) is 32.9. The summed E-state index contributed by atoms with van der Waals surface area (Å²) in [6, 6.07) is 26.6. The average molecular weight is 520 g/mol. The van der Waals surface area contributed by atoms with Crippen molar-refractivity contribution in [3.8, 4) is 0 Å². The van der Waals surface area contributed by atoms with Gasteiger partial charge in [-0.3, -0.25) is 9.36 Å². The minimum absolute atomic E-state index is 0.190. The fraction of sp³-hybridized carbons (Fsp3) is 0.129. The van der Waals surface area contributed by atoms with Crippen LogP contribution in [0.15, 0.2) is 106 Å². The quantitative estimate of drug-likeness (QED) is 0.323. The van der Waals surface area contributed by atoms with Gasteiger partial charge in [-0.25, -0.2) is 9.79 Å². The lowest BCUT2D eigenvalue weighted by molar-refractivity contribution is -0.138. The van der Waals surface area contributed by atoms with Crippen LogP contribution in [0.25, 0.3) is 22.7 Å². The molecule has 7 heteroatoms. The molecule has 0 fully saturated rings. The van der Waals surface area contributed by atoms with Crippen LogP contribution in [0.4, 0.5) is 0 Å². The Hall–Kier alpha value is -4.49. The number of esters is 1. The van der Waals surface area contributed by atoms with E-state index in [0.717, 1.165) is 27.6 Å². The molecule has 0 radical (unpaired) electrons. The van der Waals surface area contributed by atoms with Crippen molar-refractivity contribution in [3.63, 3.8) is 0 Å². The van der Waals surface area contributed by atoms with Gasteiger partial charge >= 0.3 is 5.97 Å². The fourth-order valence-electron chi connectivity index (χ4n) is 5.02. The lowest BCUT2D eigenvalue weighted by atomic mass is 9.93. The molecular formula is C31H25N3O3S. The van der Waals surface area contributed by atoms with E-state index in [1.54, 1.807) is 11.5 Å². The third kappa shape index (κ3) is 4.01. The van der Waals surface area contributed by atoms with Crippen molar-refractivity contribution in [3.05, 3.63) is 133 Å². The van der Waals surface area contributed by atoms with Crippen molar-refractivity contribution < 1.29 is 9.53 Å². The summed E-state index contributed by atoms with van der Waals surface area (Å²) in [6.07, 6.45) is 3.95. The Morgan fingerprint density at radius 2 is 1.68 bits per heavy atom. The third-order valence-electron chi connectivity index (χ3n) is 6.70. The number of ether oxygens (including phenoxy) is 1. The van der Waals surface area contributed by atoms with Crippen molar-refractivity contribution in [1.29, 1.82) is 0 Å². The number of carbonyl (C=O) groups excluding carboxylic acids is 1. The van der Waals surface area contributed by atoms with Crippen LogP contribution in [-0.4, -0.2) is 21.7 Å². The molecule has 188 valence electrons. The smallest absolute Gasteiger partial charge is 0.338 e. The van der Waals surface area contributed by atoms with E-state index in [1.807, 2.05) is 92.1 Å². The number of aromatic nitrogens is 2. The highest BCUT2D eigenvalue weighted by Gasteiger charge is 2.35. The lowest BCUT2D eigenvalue weighted by Crippen LogP contribution is -2.39. The summed E-state index contributed by atoms with van der Waals surface area (Å²) >= 11 is 1.33. The molecule has 0 saturated carbocycles. The van der Waals surface area contributed by atoms with Gasteiger partial charge in [-0.2, -0.15) is 0 Å². The first kappa shape index (κ1) is 23.9. The Labute approximate surface area is 223 Å². The molecule has 6 nitrogen and oxygen atoms in total. The Bertz CT molecular complexity index is 1880. The number of hydrogen-bond acceptors (Lipinski definition) is 5. The highest BCUT2D eigenvalue weighted by atomic mass is 32.1. The van der Waals surface area contributed by atoms with E-state index in [9.17, 15) is 9.59 Å². The Balaban J connectivity index is 1.66. The Morgan fingerprint density at radius 1 is 1.00 bits per heavy atom. The van der Waals surface area contributed by atoms with Gasteiger partial charge in [0.25, 0.3) is 5.56 Å². The SMILES string of the molecule is CCOC(=O)C1=C(c2ccccc2)N=c2s/c(=C\c3cn(C)c4ccccc34)c(=O)n2[C@H]1c1ccccc1. The minimum Gasteiger partial charge on any atom is -0.463 e. The van der Waals surface area contributed by atoms with Gasteiger partial charge in [0.2, 0.25) is 0 Å². The van der Waals surface area contributed by atoms with E-state index in [2.05, 4.69) is 16.7 Å². The van der Waals surface area contributed by atoms with Crippen LogP contribution in [0.3, 0.4) is 0 Å². The van der Waals surface area contributed by atoms with Gasteiger partial charge in [0.1, 0.15) is 0 Å². The highest BCUT2D eigenvalue weighted by molar-refractivity contribution is 7.07. The first-order valence-electron chi connectivity index (χ1n) is 12.4. The Morgan fingerprint density at radius 3 is 2.42 bits per heavy atom. The topological polar surface area (TPSA) is 65.6 Å². The Kier molecular flexibility index (Phi) is 6.13. The first-order chi connectivity index (χ1) is 18.6. The molecule has 3 heterocycles. The van der Waals surface area contributed by atoms with Crippen molar-refractivity contribution in [2.24, 2.45) is 12.0 Å². The third-order valence-corrected chi connectivity index (χ3v) is 7.69. The van der Waals surface area contributed by atoms with Crippen LogP contribution in [0.1, 0.15) is 29.7 Å². The number of nitrogens with zero attached hydrogens (tertiary/aromatic N) is 3. The first-order valence-corrected chi connectivity index (χ1v) is 13.3. The maximum absolute atomic E-state index is 14.0. The summed E-state index contributed by atoms with van der Waals surface area (Å²) in [5.41, 5.74) is 4.34.